The van der Waals surface area contributed by atoms with Gasteiger partial charge in [-0.15, -0.1) is 0 Å². The van der Waals surface area contributed by atoms with Gasteiger partial charge in [-0.1, -0.05) is 36.4 Å². The summed E-state index contributed by atoms with van der Waals surface area (Å²) in [5.41, 5.74) is 8.93. The van der Waals surface area contributed by atoms with Gasteiger partial charge < -0.3 is 16.0 Å². The van der Waals surface area contributed by atoms with Gasteiger partial charge in [0.1, 0.15) is 0 Å². The van der Waals surface area contributed by atoms with Gasteiger partial charge in [-0.2, -0.15) is 0 Å². The largest absolute Gasteiger partial charge is 0.397 e. The van der Waals surface area contributed by atoms with Crippen LogP contribution in [0.25, 0.3) is 10.8 Å². The molecule has 0 aliphatic rings. The first-order valence-electron chi connectivity index (χ1n) is 7.42. The molecular weight excluding hydrogens is 286 g/mol. The van der Waals surface area contributed by atoms with Gasteiger partial charge in [-0.05, 0) is 35.0 Å². The van der Waals surface area contributed by atoms with Crippen molar-refractivity contribution < 1.29 is 4.79 Å². The Morgan fingerprint density at radius 2 is 1.74 bits per heavy atom. The van der Waals surface area contributed by atoms with Gasteiger partial charge in [0, 0.05) is 25.3 Å². The van der Waals surface area contributed by atoms with Gasteiger partial charge in [0.25, 0.3) is 5.91 Å². The normalized spacial score (nSPS) is 10.5. The van der Waals surface area contributed by atoms with Crippen molar-refractivity contribution in [2.75, 3.05) is 30.0 Å². The molecule has 0 aliphatic carbocycles. The predicted octanol–water partition coefficient (Wildman–Crippen LogP) is 3.74. The lowest BCUT2D eigenvalue weighted by molar-refractivity contribution is 0.102. The summed E-state index contributed by atoms with van der Waals surface area (Å²) in [6.45, 7) is 0. The van der Waals surface area contributed by atoms with Gasteiger partial charge in [0.05, 0.1) is 11.4 Å². The molecule has 23 heavy (non-hydrogen) atoms. The van der Waals surface area contributed by atoms with Crippen LogP contribution in [-0.4, -0.2) is 20.0 Å². The zero-order valence-electron chi connectivity index (χ0n) is 13.2. The molecule has 0 aliphatic heterocycles. The van der Waals surface area contributed by atoms with Crippen LogP contribution < -0.4 is 16.0 Å². The van der Waals surface area contributed by atoms with E-state index in [0.717, 1.165) is 16.5 Å². The maximum absolute atomic E-state index is 12.6. The highest BCUT2D eigenvalue weighted by Gasteiger charge is 2.11. The van der Waals surface area contributed by atoms with E-state index in [2.05, 4.69) is 5.32 Å². The number of amides is 1. The minimum atomic E-state index is -0.140. The molecule has 0 bridgehead atoms. The molecule has 3 N–H and O–H groups in total. The number of carbonyl (C=O) groups excluding carboxylic acids is 1. The second-order valence-electron chi connectivity index (χ2n) is 5.65. The van der Waals surface area contributed by atoms with E-state index < -0.39 is 0 Å². The summed E-state index contributed by atoms with van der Waals surface area (Å²) >= 11 is 0. The fourth-order valence-corrected chi connectivity index (χ4v) is 2.66. The standard InChI is InChI=1S/C19H19N3O/c1-22(2)18-11-10-14(12-17(18)20)21-19(23)16-9-5-7-13-6-3-4-8-15(13)16/h3-12H,20H2,1-2H3,(H,21,23). The van der Waals surface area contributed by atoms with Crippen LogP contribution in [0.15, 0.2) is 60.7 Å². The van der Waals surface area contributed by atoms with Crippen LogP contribution in [0.3, 0.4) is 0 Å². The van der Waals surface area contributed by atoms with E-state index >= 15 is 0 Å². The van der Waals surface area contributed by atoms with Crippen LogP contribution in [0.4, 0.5) is 17.1 Å². The fraction of sp³-hybridized carbons (Fsp3) is 0.105. The molecule has 0 saturated heterocycles. The quantitative estimate of drug-likeness (QED) is 0.725. The van der Waals surface area contributed by atoms with Crippen molar-refractivity contribution in [3.63, 3.8) is 0 Å². The number of nitrogens with two attached hydrogens (primary N) is 1. The fourth-order valence-electron chi connectivity index (χ4n) is 2.66. The van der Waals surface area contributed by atoms with E-state index in [4.69, 9.17) is 5.73 Å². The van der Waals surface area contributed by atoms with Crippen molar-refractivity contribution in [2.24, 2.45) is 0 Å². The number of rotatable bonds is 3. The lowest BCUT2D eigenvalue weighted by atomic mass is 10.0. The molecular formula is C19H19N3O. The molecule has 1 amide bonds. The maximum Gasteiger partial charge on any atom is 0.256 e. The predicted molar refractivity (Wildman–Crippen MR) is 97.1 cm³/mol. The number of nitrogens with one attached hydrogen (secondary N) is 1. The Bertz CT molecular complexity index is 866. The second kappa shape index (κ2) is 6.01. The summed E-state index contributed by atoms with van der Waals surface area (Å²) in [7, 11) is 3.86. The summed E-state index contributed by atoms with van der Waals surface area (Å²) in [5, 5.41) is 4.90. The third kappa shape index (κ3) is 2.97. The molecule has 3 rings (SSSR count). The Hall–Kier alpha value is -3.01. The number of benzene rings is 3. The topological polar surface area (TPSA) is 58.4 Å². The number of fused-ring (bicyclic) bond motifs is 1. The van der Waals surface area contributed by atoms with Gasteiger partial charge in [0.2, 0.25) is 0 Å². The number of anilines is 3. The molecule has 0 aromatic heterocycles. The zero-order chi connectivity index (χ0) is 16.4. The highest BCUT2D eigenvalue weighted by Crippen LogP contribution is 2.26. The number of hydrogen-bond donors (Lipinski definition) is 2. The van der Waals surface area contributed by atoms with Crippen LogP contribution in [-0.2, 0) is 0 Å². The second-order valence-corrected chi connectivity index (χ2v) is 5.65. The van der Waals surface area contributed by atoms with Crippen LogP contribution in [0.2, 0.25) is 0 Å². The Morgan fingerprint density at radius 1 is 1.00 bits per heavy atom. The minimum Gasteiger partial charge on any atom is -0.397 e. The van der Waals surface area contributed by atoms with Gasteiger partial charge >= 0.3 is 0 Å². The van der Waals surface area contributed by atoms with E-state index in [1.807, 2.05) is 73.6 Å². The van der Waals surface area contributed by atoms with Crippen LogP contribution in [0.1, 0.15) is 10.4 Å². The van der Waals surface area contributed by atoms with Crippen molar-refractivity contribution in [2.45, 2.75) is 0 Å². The van der Waals surface area contributed by atoms with Gasteiger partial charge in [-0.3, -0.25) is 4.79 Å². The van der Waals surface area contributed by atoms with Crippen LogP contribution in [0, 0.1) is 0 Å². The molecule has 3 aromatic carbocycles. The monoisotopic (exact) mass is 305 g/mol. The molecule has 0 spiro atoms. The first kappa shape index (κ1) is 14.9. The zero-order valence-corrected chi connectivity index (χ0v) is 13.2. The number of carbonyl (C=O) groups is 1. The molecule has 0 atom stereocenters. The van der Waals surface area contributed by atoms with Crippen molar-refractivity contribution in [1.82, 2.24) is 0 Å². The molecule has 0 unspecified atom stereocenters. The van der Waals surface area contributed by atoms with Crippen molar-refractivity contribution in [1.29, 1.82) is 0 Å². The molecule has 0 radical (unpaired) electrons. The first-order valence-corrected chi connectivity index (χ1v) is 7.42. The SMILES string of the molecule is CN(C)c1ccc(NC(=O)c2cccc3ccccc23)cc1N. The molecule has 116 valence electrons. The average molecular weight is 305 g/mol. The maximum atomic E-state index is 12.6. The van der Waals surface area contributed by atoms with Crippen LogP contribution >= 0.6 is 0 Å². The molecule has 0 fully saturated rings. The molecule has 0 heterocycles. The molecule has 0 saturated carbocycles. The summed E-state index contributed by atoms with van der Waals surface area (Å²) in [4.78, 5) is 14.5. The number of nitrogens with zero attached hydrogens (tertiary/aromatic N) is 1. The van der Waals surface area contributed by atoms with Crippen molar-refractivity contribution >= 4 is 33.7 Å². The van der Waals surface area contributed by atoms with E-state index in [9.17, 15) is 4.79 Å². The number of hydrogen-bond acceptors (Lipinski definition) is 3. The Morgan fingerprint density at radius 3 is 2.48 bits per heavy atom. The summed E-state index contributed by atoms with van der Waals surface area (Å²) in [6, 6.07) is 19.1. The van der Waals surface area contributed by atoms with Crippen molar-refractivity contribution in [3.05, 3.63) is 66.2 Å². The van der Waals surface area contributed by atoms with E-state index in [1.54, 1.807) is 6.07 Å². The van der Waals surface area contributed by atoms with Crippen LogP contribution in [0.5, 0.6) is 0 Å². The highest BCUT2D eigenvalue weighted by atomic mass is 16.1. The molecule has 3 aromatic rings. The highest BCUT2D eigenvalue weighted by molar-refractivity contribution is 6.13. The Kier molecular flexibility index (Phi) is 3.89. The molecule has 4 nitrogen and oxygen atoms in total. The smallest absolute Gasteiger partial charge is 0.256 e. The summed E-state index contributed by atoms with van der Waals surface area (Å²) in [5.74, 6) is -0.140. The van der Waals surface area contributed by atoms with E-state index in [0.29, 0.717) is 16.9 Å². The Labute approximate surface area is 135 Å². The third-order valence-electron chi connectivity index (χ3n) is 3.80. The van der Waals surface area contributed by atoms with Crippen molar-refractivity contribution in [3.8, 4) is 0 Å². The average Bonchev–Trinajstić information content (AvgIpc) is 2.54. The van der Waals surface area contributed by atoms with E-state index in [-0.39, 0.29) is 5.91 Å². The lowest BCUT2D eigenvalue weighted by Gasteiger charge is -2.16. The summed E-state index contributed by atoms with van der Waals surface area (Å²) < 4.78 is 0. The summed E-state index contributed by atoms with van der Waals surface area (Å²) in [6.07, 6.45) is 0. The third-order valence-corrected chi connectivity index (χ3v) is 3.80. The Balaban J connectivity index is 1.91. The number of nitrogen functional groups attached to an aromatic ring is 1. The van der Waals surface area contributed by atoms with E-state index in [1.165, 1.54) is 0 Å². The van der Waals surface area contributed by atoms with Gasteiger partial charge in [0.15, 0.2) is 0 Å². The van der Waals surface area contributed by atoms with Gasteiger partial charge in [-0.25, -0.2) is 0 Å². The first-order chi connectivity index (χ1) is 11.1. The minimum absolute atomic E-state index is 0.140. The molecule has 4 heteroatoms. The lowest BCUT2D eigenvalue weighted by Crippen LogP contribution is -2.14.